The minimum absolute atomic E-state index is 0.0612. The number of amides is 3. The van der Waals surface area contributed by atoms with Crippen LogP contribution in [0.3, 0.4) is 0 Å². The van der Waals surface area contributed by atoms with Crippen LogP contribution in [0.2, 0.25) is 0 Å². The number of esters is 1. The lowest BCUT2D eigenvalue weighted by atomic mass is 9.84. The molecule has 1 atom stereocenters. The first-order valence-electron chi connectivity index (χ1n) is 10.1. The maximum atomic E-state index is 13.2. The molecule has 3 aromatic carbocycles. The number of nitrogens with zero attached hydrogens (tertiary/aromatic N) is 1. The van der Waals surface area contributed by atoms with E-state index in [1.165, 1.54) is 0 Å². The Morgan fingerprint density at radius 2 is 1.81 bits per heavy atom. The first-order valence-corrected chi connectivity index (χ1v) is 10.1. The van der Waals surface area contributed by atoms with Crippen molar-refractivity contribution in [2.75, 3.05) is 13.2 Å². The number of nitrogens with one attached hydrogen (secondary N) is 1. The van der Waals surface area contributed by atoms with Crippen molar-refractivity contribution < 1.29 is 23.9 Å². The lowest BCUT2D eigenvalue weighted by Gasteiger charge is -2.33. The molecule has 3 amide bonds. The van der Waals surface area contributed by atoms with Gasteiger partial charge in [-0.15, -0.1) is 0 Å². The third-order valence-corrected chi connectivity index (χ3v) is 5.81. The molecule has 2 aliphatic heterocycles. The number of ether oxygens (including phenoxy) is 2. The standard InChI is InChI=1S/C24H20N2O5/c27-21(31-15-17-8-5-7-16-6-1-2-9-18(16)17)14-26-22(28)24(25-23(26)29)12-13-30-20-11-4-3-10-19(20)24/h1-11H,12-15H2,(H,25,29)/t24-/m0/s1. The van der Waals surface area contributed by atoms with Gasteiger partial charge in [0.15, 0.2) is 5.54 Å². The van der Waals surface area contributed by atoms with Gasteiger partial charge in [-0.1, -0.05) is 60.7 Å². The molecule has 0 saturated carbocycles. The number of para-hydroxylation sites is 1. The molecule has 5 rings (SSSR count). The summed E-state index contributed by atoms with van der Waals surface area (Å²) in [4.78, 5) is 39.2. The van der Waals surface area contributed by atoms with Crippen LogP contribution in [0.4, 0.5) is 4.79 Å². The predicted octanol–water partition coefficient (Wildman–Crippen LogP) is 3.11. The number of imide groups is 1. The summed E-state index contributed by atoms with van der Waals surface area (Å²) in [6, 6.07) is 20.1. The first-order chi connectivity index (χ1) is 15.1. The average molecular weight is 416 g/mol. The summed E-state index contributed by atoms with van der Waals surface area (Å²) in [5.74, 6) is -0.549. The van der Waals surface area contributed by atoms with Crippen molar-refractivity contribution in [2.45, 2.75) is 18.6 Å². The van der Waals surface area contributed by atoms with Gasteiger partial charge < -0.3 is 14.8 Å². The molecule has 3 aromatic rings. The number of carbonyl (C=O) groups excluding carboxylic acids is 3. The Labute approximate surface area is 178 Å². The number of hydrogen-bond acceptors (Lipinski definition) is 5. The minimum Gasteiger partial charge on any atom is -0.493 e. The Balaban J connectivity index is 1.31. The molecule has 0 bridgehead atoms. The van der Waals surface area contributed by atoms with E-state index in [4.69, 9.17) is 9.47 Å². The Morgan fingerprint density at radius 3 is 2.71 bits per heavy atom. The van der Waals surface area contributed by atoms with Crippen molar-refractivity contribution in [3.63, 3.8) is 0 Å². The monoisotopic (exact) mass is 416 g/mol. The molecule has 2 heterocycles. The van der Waals surface area contributed by atoms with E-state index in [2.05, 4.69) is 5.32 Å². The van der Waals surface area contributed by atoms with Crippen LogP contribution >= 0.6 is 0 Å². The maximum Gasteiger partial charge on any atom is 0.326 e. The Kier molecular flexibility index (Phi) is 4.58. The zero-order valence-electron chi connectivity index (χ0n) is 16.7. The second kappa shape index (κ2) is 7.43. The summed E-state index contributed by atoms with van der Waals surface area (Å²) in [6.45, 7) is -0.0890. The molecule has 1 spiro atoms. The van der Waals surface area contributed by atoms with Gasteiger partial charge in [-0.25, -0.2) is 4.79 Å². The first kappa shape index (κ1) is 19.1. The average Bonchev–Trinajstić information content (AvgIpc) is 3.02. The number of fused-ring (bicyclic) bond motifs is 3. The fourth-order valence-electron chi connectivity index (χ4n) is 4.27. The molecule has 1 N–H and O–H groups in total. The van der Waals surface area contributed by atoms with Crippen LogP contribution in [-0.2, 0) is 26.5 Å². The van der Waals surface area contributed by atoms with Crippen LogP contribution in [0.25, 0.3) is 10.8 Å². The van der Waals surface area contributed by atoms with E-state index in [9.17, 15) is 14.4 Å². The van der Waals surface area contributed by atoms with Gasteiger partial charge >= 0.3 is 12.0 Å². The highest BCUT2D eigenvalue weighted by molar-refractivity contribution is 6.09. The predicted molar refractivity (Wildman–Crippen MR) is 112 cm³/mol. The maximum absolute atomic E-state index is 13.2. The van der Waals surface area contributed by atoms with Crippen LogP contribution in [0.15, 0.2) is 66.7 Å². The molecule has 0 aliphatic carbocycles. The Bertz CT molecular complexity index is 1200. The van der Waals surface area contributed by atoms with E-state index in [0.717, 1.165) is 21.2 Å². The fourth-order valence-corrected chi connectivity index (χ4v) is 4.27. The lowest BCUT2D eigenvalue weighted by Crippen LogP contribution is -2.47. The molecular formula is C24H20N2O5. The topological polar surface area (TPSA) is 84.9 Å². The number of carbonyl (C=O) groups is 3. The van der Waals surface area contributed by atoms with E-state index >= 15 is 0 Å². The van der Waals surface area contributed by atoms with Crippen LogP contribution in [0, 0.1) is 0 Å². The quantitative estimate of drug-likeness (QED) is 0.522. The van der Waals surface area contributed by atoms with Gasteiger partial charge in [0.2, 0.25) is 0 Å². The van der Waals surface area contributed by atoms with Gasteiger partial charge in [-0.2, -0.15) is 0 Å². The van der Waals surface area contributed by atoms with Crippen LogP contribution in [0.1, 0.15) is 17.5 Å². The summed E-state index contributed by atoms with van der Waals surface area (Å²) < 4.78 is 11.0. The third-order valence-electron chi connectivity index (χ3n) is 5.81. The van der Waals surface area contributed by atoms with E-state index in [1.807, 2.05) is 48.5 Å². The Morgan fingerprint density at radius 1 is 1.03 bits per heavy atom. The van der Waals surface area contributed by atoms with Gasteiger partial charge in [0, 0.05) is 12.0 Å². The highest BCUT2D eigenvalue weighted by atomic mass is 16.5. The van der Waals surface area contributed by atoms with Crippen molar-refractivity contribution in [3.8, 4) is 5.75 Å². The smallest absolute Gasteiger partial charge is 0.326 e. The molecular weight excluding hydrogens is 396 g/mol. The van der Waals surface area contributed by atoms with Gasteiger partial charge in [0.1, 0.15) is 18.9 Å². The largest absolute Gasteiger partial charge is 0.493 e. The van der Waals surface area contributed by atoms with Gasteiger partial charge in [-0.05, 0) is 22.4 Å². The number of benzene rings is 3. The molecule has 2 aliphatic rings. The third kappa shape index (κ3) is 3.18. The molecule has 31 heavy (non-hydrogen) atoms. The van der Waals surface area contributed by atoms with Gasteiger partial charge in [0.05, 0.1) is 6.61 Å². The van der Waals surface area contributed by atoms with Crippen LogP contribution < -0.4 is 10.1 Å². The summed E-state index contributed by atoms with van der Waals surface area (Å²) in [7, 11) is 0. The van der Waals surface area contributed by atoms with Crippen molar-refractivity contribution >= 4 is 28.7 Å². The minimum atomic E-state index is -1.21. The van der Waals surface area contributed by atoms with Crippen molar-refractivity contribution in [1.29, 1.82) is 0 Å². The van der Waals surface area contributed by atoms with Crippen LogP contribution in [0.5, 0.6) is 5.75 Å². The van der Waals surface area contributed by atoms with E-state index in [0.29, 0.717) is 24.3 Å². The summed E-state index contributed by atoms with van der Waals surface area (Å²) >= 11 is 0. The second-order valence-electron chi connectivity index (χ2n) is 7.62. The lowest BCUT2D eigenvalue weighted by molar-refractivity contribution is -0.149. The molecule has 0 unspecified atom stereocenters. The van der Waals surface area contributed by atoms with Gasteiger partial charge in [0.25, 0.3) is 5.91 Å². The fraction of sp³-hybridized carbons (Fsp3) is 0.208. The molecule has 1 fully saturated rings. The second-order valence-corrected chi connectivity index (χ2v) is 7.62. The number of rotatable bonds is 4. The Hall–Kier alpha value is -3.87. The number of hydrogen-bond donors (Lipinski definition) is 1. The van der Waals surface area contributed by atoms with Crippen molar-refractivity contribution in [2.24, 2.45) is 0 Å². The summed E-state index contributed by atoms with van der Waals surface area (Å²) in [5, 5.41) is 4.82. The summed E-state index contributed by atoms with van der Waals surface area (Å²) in [6.07, 6.45) is 0.302. The van der Waals surface area contributed by atoms with E-state index in [1.54, 1.807) is 18.2 Å². The zero-order valence-corrected chi connectivity index (χ0v) is 16.7. The summed E-state index contributed by atoms with van der Waals surface area (Å²) in [5.41, 5.74) is 0.256. The van der Waals surface area contributed by atoms with E-state index < -0.39 is 30.0 Å². The number of urea groups is 1. The molecule has 0 radical (unpaired) electrons. The molecule has 156 valence electrons. The normalized spacial score (nSPS) is 19.8. The molecule has 0 aromatic heterocycles. The van der Waals surface area contributed by atoms with Gasteiger partial charge in [-0.3, -0.25) is 14.5 Å². The SMILES string of the molecule is O=C(CN1C(=O)N[C@]2(CCOc3ccccc32)C1=O)OCc1cccc2ccccc12. The molecule has 1 saturated heterocycles. The van der Waals surface area contributed by atoms with Crippen LogP contribution in [-0.4, -0.2) is 36.0 Å². The highest BCUT2D eigenvalue weighted by Crippen LogP contribution is 2.40. The van der Waals surface area contributed by atoms with Crippen molar-refractivity contribution in [1.82, 2.24) is 10.2 Å². The highest BCUT2D eigenvalue weighted by Gasteiger charge is 2.55. The zero-order chi connectivity index (χ0) is 21.4. The van der Waals surface area contributed by atoms with Crippen molar-refractivity contribution in [3.05, 3.63) is 77.9 Å². The van der Waals surface area contributed by atoms with E-state index in [-0.39, 0.29) is 6.61 Å². The molecule has 7 heteroatoms. The molecule has 7 nitrogen and oxygen atoms in total.